The van der Waals surface area contributed by atoms with Crippen LogP contribution in [-0.2, 0) is 16.1 Å². The van der Waals surface area contributed by atoms with Gasteiger partial charge in [-0.05, 0) is 42.2 Å². The molecule has 0 bridgehead atoms. The summed E-state index contributed by atoms with van der Waals surface area (Å²) in [6.45, 7) is 6.06. The topological polar surface area (TPSA) is 45.9 Å². The maximum absolute atomic E-state index is 12.6. The molecule has 2 atom stereocenters. The van der Waals surface area contributed by atoms with Crippen molar-refractivity contribution in [2.45, 2.75) is 25.8 Å². The minimum atomic E-state index is -0.0329. The fourth-order valence-corrected chi connectivity index (χ4v) is 3.75. The largest absolute Gasteiger partial charge is 0.461 e. The summed E-state index contributed by atoms with van der Waals surface area (Å²) in [6, 6.07) is 12.3. The van der Waals surface area contributed by atoms with Gasteiger partial charge in [-0.3, -0.25) is 4.79 Å². The second-order valence-electron chi connectivity index (χ2n) is 7.82. The van der Waals surface area contributed by atoms with Gasteiger partial charge in [0.1, 0.15) is 11.5 Å². The van der Waals surface area contributed by atoms with Crippen LogP contribution < -0.4 is 4.90 Å². The molecule has 1 aliphatic heterocycles. The Balaban J connectivity index is 1.38. The number of para-hydroxylation sites is 1. The molecule has 0 spiro atoms. The van der Waals surface area contributed by atoms with Crippen LogP contribution in [0.15, 0.2) is 46.9 Å². The molecule has 148 valence electrons. The van der Waals surface area contributed by atoms with E-state index in [4.69, 9.17) is 9.15 Å². The number of nitrogens with zero attached hydrogens (tertiary/aromatic N) is 2. The van der Waals surface area contributed by atoms with Crippen LogP contribution in [0.1, 0.15) is 36.3 Å². The van der Waals surface area contributed by atoms with Gasteiger partial charge in [0.25, 0.3) is 0 Å². The highest BCUT2D eigenvalue weighted by atomic mass is 16.5. The van der Waals surface area contributed by atoms with Gasteiger partial charge in [0, 0.05) is 44.4 Å². The standard InChI is InChI=1S/C23H28N2O3/c1-17-15-20(17)22-9-7-19(28-22)8-10-23(26)24(2)16-18-5-3-4-6-21(18)25-11-13-27-14-12-25/h3-10,17,20H,11-16H2,1-2H3. The second kappa shape index (κ2) is 8.23. The summed E-state index contributed by atoms with van der Waals surface area (Å²) in [4.78, 5) is 16.6. The first-order valence-electron chi connectivity index (χ1n) is 10.1. The van der Waals surface area contributed by atoms with Gasteiger partial charge in [-0.25, -0.2) is 0 Å². The van der Waals surface area contributed by atoms with Crippen molar-refractivity contribution in [1.29, 1.82) is 0 Å². The summed E-state index contributed by atoms with van der Waals surface area (Å²) in [7, 11) is 1.84. The van der Waals surface area contributed by atoms with Crippen molar-refractivity contribution in [3.8, 4) is 0 Å². The average molecular weight is 380 g/mol. The summed E-state index contributed by atoms with van der Waals surface area (Å²) in [5.41, 5.74) is 2.33. The molecule has 0 radical (unpaired) electrons. The predicted octanol–water partition coefficient (Wildman–Crippen LogP) is 3.91. The van der Waals surface area contributed by atoms with Gasteiger partial charge in [0.2, 0.25) is 5.91 Å². The van der Waals surface area contributed by atoms with Crippen molar-refractivity contribution in [1.82, 2.24) is 4.90 Å². The van der Waals surface area contributed by atoms with Crippen molar-refractivity contribution in [2.24, 2.45) is 5.92 Å². The normalized spacial score (nSPS) is 21.9. The third kappa shape index (κ3) is 4.30. The molecular formula is C23H28N2O3. The van der Waals surface area contributed by atoms with Crippen LogP contribution in [0.4, 0.5) is 5.69 Å². The second-order valence-corrected chi connectivity index (χ2v) is 7.82. The third-order valence-electron chi connectivity index (χ3n) is 5.64. The SMILES string of the molecule is CC1CC1c1ccc(C=CC(=O)N(C)Cc2ccccc2N2CCOCC2)o1. The molecule has 5 heteroatoms. The van der Waals surface area contributed by atoms with Gasteiger partial charge >= 0.3 is 0 Å². The minimum absolute atomic E-state index is 0.0329. The van der Waals surface area contributed by atoms with E-state index in [1.807, 2.05) is 31.3 Å². The van der Waals surface area contributed by atoms with Gasteiger partial charge in [-0.2, -0.15) is 0 Å². The molecule has 2 unspecified atom stereocenters. The lowest BCUT2D eigenvalue weighted by atomic mass is 10.1. The molecule has 1 amide bonds. The Morgan fingerprint density at radius 3 is 2.71 bits per heavy atom. The van der Waals surface area contributed by atoms with Gasteiger partial charge in [0.15, 0.2) is 0 Å². The lowest BCUT2D eigenvalue weighted by Crippen LogP contribution is -2.37. The van der Waals surface area contributed by atoms with Crippen LogP contribution in [0.25, 0.3) is 6.08 Å². The fourth-order valence-electron chi connectivity index (χ4n) is 3.75. The molecule has 28 heavy (non-hydrogen) atoms. The number of carbonyl (C=O) groups excluding carboxylic acids is 1. The van der Waals surface area contributed by atoms with E-state index in [9.17, 15) is 4.79 Å². The van der Waals surface area contributed by atoms with Crippen LogP contribution in [-0.4, -0.2) is 44.2 Å². The van der Waals surface area contributed by atoms with Crippen LogP contribution in [0, 0.1) is 5.92 Å². The molecule has 1 aromatic carbocycles. The van der Waals surface area contributed by atoms with E-state index >= 15 is 0 Å². The zero-order valence-electron chi connectivity index (χ0n) is 16.6. The van der Waals surface area contributed by atoms with E-state index in [0.717, 1.165) is 43.4 Å². The highest BCUT2D eigenvalue weighted by molar-refractivity contribution is 5.91. The number of amides is 1. The van der Waals surface area contributed by atoms with Crippen LogP contribution in [0.5, 0.6) is 0 Å². The van der Waals surface area contributed by atoms with Gasteiger partial charge in [0.05, 0.1) is 13.2 Å². The Morgan fingerprint density at radius 2 is 1.96 bits per heavy atom. The quantitative estimate of drug-likeness (QED) is 0.713. The number of benzene rings is 1. The first-order chi connectivity index (χ1) is 13.6. The summed E-state index contributed by atoms with van der Waals surface area (Å²) in [5, 5.41) is 0. The third-order valence-corrected chi connectivity index (χ3v) is 5.64. The number of carbonyl (C=O) groups is 1. The predicted molar refractivity (Wildman–Crippen MR) is 110 cm³/mol. The van der Waals surface area contributed by atoms with E-state index in [2.05, 4.69) is 24.0 Å². The summed E-state index contributed by atoms with van der Waals surface area (Å²) in [5.74, 6) is 3.01. The zero-order valence-corrected chi connectivity index (χ0v) is 16.6. The van der Waals surface area contributed by atoms with Crippen LogP contribution >= 0.6 is 0 Å². The average Bonchev–Trinajstić information content (AvgIpc) is 3.26. The molecule has 5 nitrogen and oxygen atoms in total. The lowest BCUT2D eigenvalue weighted by Gasteiger charge is -2.31. The molecule has 2 aliphatic rings. The highest BCUT2D eigenvalue weighted by Crippen LogP contribution is 2.47. The summed E-state index contributed by atoms with van der Waals surface area (Å²) < 4.78 is 11.3. The molecule has 2 aromatic rings. The number of ether oxygens (including phenoxy) is 1. The maximum atomic E-state index is 12.6. The van der Waals surface area contributed by atoms with Crippen molar-refractivity contribution in [3.05, 3.63) is 59.6 Å². The van der Waals surface area contributed by atoms with Crippen LogP contribution in [0.3, 0.4) is 0 Å². The minimum Gasteiger partial charge on any atom is -0.461 e. The highest BCUT2D eigenvalue weighted by Gasteiger charge is 2.36. The van der Waals surface area contributed by atoms with Gasteiger partial charge in [-0.15, -0.1) is 0 Å². The summed E-state index contributed by atoms with van der Waals surface area (Å²) in [6.07, 6.45) is 4.56. The fraction of sp³-hybridized carbons (Fsp3) is 0.435. The molecule has 2 fully saturated rings. The van der Waals surface area contributed by atoms with E-state index in [1.54, 1.807) is 17.1 Å². The van der Waals surface area contributed by atoms with Gasteiger partial charge < -0.3 is 19.0 Å². The number of furan rings is 1. The molecule has 1 aliphatic carbocycles. The number of hydrogen-bond donors (Lipinski definition) is 0. The molecular weight excluding hydrogens is 352 g/mol. The number of anilines is 1. The molecule has 4 rings (SSSR count). The smallest absolute Gasteiger partial charge is 0.246 e. The maximum Gasteiger partial charge on any atom is 0.246 e. The molecule has 1 aromatic heterocycles. The first-order valence-corrected chi connectivity index (χ1v) is 10.1. The zero-order chi connectivity index (χ0) is 19.5. The Bertz CT molecular complexity index is 851. The Morgan fingerprint density at radius 1 is 1.21 bits per heavy atom. The van der Waals surface area contributed by atoms with E-state index in [-0.39, 0.29) is 5.91 Å². The first kappa shape index (κ1) is 18.8. The molecule has 0 N–H and O–H groups in total. The molecule has 1 saturated carbocycles. The van der Waals surface area contributed by atoms with E-state index < -0.39 is 0 Å². The van der Waals surface area contributed by atoms with Crippen molar-refractivity contribution in [3.63, 3.8) is 0 Å². The van der Waals surface area contributed by atoms with Crippen molar-refractivity contribution < 1.29 is 13.9 Å². The molecule has 1 saturated heterocycles. The Labute approximate surface area is 166 Å². The van der Waals surface area contributed by atoms with Gasteiger partial charge in [-0.1, -0.05) is 25.1 Å². The Kier molecular flexibility index (Phi) is 5.53. The van der Waals surface area contributed by atoms with E-state index in [0.29, 0.717) is 18.4 Å². The Hall–Kier alpha value is -2.53. The van der Waals surface area contributed by atoms with Crippen molar-refractivity contribution in [2.75, 3.05) is 38.3 Å². The lowest BCUT2D eigenvalue weighted by molar-refractivity contribution is -0.125. The van der Waals surface area contributed by atoms with Crippen molar-refractivity contribution >= 4 is 17.7 Å². The monoisotopic (exact) mass is 380 g/mol. The number of morpholine rings is 1. The number of rotatable bonds is 6. The van der Waals surface area contributed by atoms with Crippen LogP contribution in [0.2, 0.25) is 0 Å². The summed E-state index contributed by atoms with van der Waals surface area (Å²) >= 11 is 0. The number of hydrogen-bond acceptors (Lipinski definition) is 4. The van der Waals surface area contributed by atoms with E-state index in [1.165, 1.54) is 12.1 Å². The number of likely N-dealkylation sites (N-methyl/N-ethyl adjacent to an activating group) is 1. The molecule has 2 heterocycles.